The first-order chi connectivity index (χ1) is 11.4. The Morgan fingerprint density at radius 1 is 1.00 bits per heavy atom. The summed E-state index contributed by atoms with van der Waals surface area (Å²) in [5, 5.41) is 13.3. The van der Waals surface area contributed by atoms with Crippen molar-refractivity contribution >= 4 is 5.69 Å². The Hall–Kier alpha value is -2.80. The van der Waals surface area contributed by atoms with E-state index in [-0.39, 0.29) is 11.3 Å². The predicted octanol–water partition coefficient (Wildman–Crippen LogP) is 3.63. The van der Waals surface area contributed by atoms with Gasteiger partial charge in [-0.05, 0) is 24.3 Å². The Morgan fingerprint density at radius 2 is 1.62 bits per heavy atom. The van der Waals surface area contributed by atoms with Gasteiger partial charge in [0.05, 0.1) is 18.0 Å². The van der Waals surface area contributed by atoms with Crippen molar-refractivity contribution in [2.75, 3.05) is 5.73 Å². The fraction of sp³-hybridized carbons (Fsp3) is 0.118. The summed E-state index contributed by atoms with van der Waals surface area (Å²) in [6, 6.07) is 14.8. The molecule has 0 bridgehead atoms. The van der Waals surface area contributed by atoms with Crippen LogP contribution in [0.4, 0.5) is 18.9 Å². The van der Waals surface area contributed by atoms with Crippen molar-refractivity contribution in [2.45, 2.75) is 12.8 Å². The number of halogens is 3. The van der Waals surface area contributed by atoms with E-state index in [1.165, 1.54) is 4.68 Å². The maximum absolute atomic E-state index is 13.3. The smallest absolute Gasteiger partial charge is 0.399 e. The molecule has 4 nitrogen and oxygen atoms in total. The van der Waals surface area contributed by atoms with Crippen molar-refractivity contribution < 1.29 is 18.3 Å². The van der Waals surface area contributed by atoms with E-state index in [0.29, 0.717) is 16.9 Å². The number of nitrogens with two attached hydrogens (primary N) is 1. The van der Waals surface area contributed by atoms with Crippen LogP contribution in [0.25, 0.3) is 16.9 Å². The molecule has 0 amide bonds. The highest BCUT2D eigenvalue weighted by atomic mass is 19.4. The second-order valence-corrected chi connectivity index (χ2v) is 5.20. The predicted molar refractivity (Wildman–Crippen MR) is 84.3 cm³/mol. The van der Waals surface area contributed by atoms with Gasteiger partial charge in [0.1, 0.15) is 0 Å². The van der Waals surface area contributed by atoms with Gasteiger partial charge in [-0.3, -0.25) is 0 Å². The fourth-order valence-electron chi connectivity index (χ4n) is 2.52. The van der Waals surface area contributed by atoms with Gasteiger partial charge in [-0.2, -0.15) is 18.3 Å². The van der Waals surface area contributed by atoms with Crippen molar-refractivity contribution in [1.29, 1.82) is 0 Å². The standard InChI is InChI=1S/C17H14F3N3O/c18-17(19,20)16-14(10-24)15(11-4-2-1-3-5-11)23(22-16)13-8-6-12(21)7-9-13/h1-9,24H,10,21H2. The number of rotatable bonds is 3. The monoisotopic (exact) mass is 333 g/mol. The number of nitrogen functional groups attached to an aromatic ring is 1. The minimum atomic E-state index is -4.67. The number of alkyl halides is 3. The maximum atomic E-state index is 13.3. The SMILES string of the molecule is Nc1ccc(-n2nc(C(F)(F)F)c(CO)c2-c2ccccc2)cc1. The Labute approximate surface area is 136 Å². The van der Waals surface area contributed by atoms with Crippen molar-refractivity contribution in [2.24, 2.45) is 0 Å². The third-order valence-corrected chi connectivity index (χ3v) is 3.60. The summed E-state index contributed by atoms with van der Waals surface area (Å²) in [4.78, 5) is 0. The lowest BCUT2D eigenvalue weighted by atomic mass is 10.1. The molecule has 0 aliphatic carbocycles. The zero-order valence-corrected chi connectivity index (χ0v) is 12.5. The van der Waals surface area contributed by atoms with Gasteiger partial charge >= 0.3 is 6.18 Å². The second kappa shape index (κ2) is 6.01. The van der Waals surface area contributed by atoms with Crippen LogP contribution in [0.2, 0.25) is 0 Å². The average Bonchev–Trinajstić information content (AvgIpc) is 2.96. The van der Waals surface area contributed by atoms with E-state index in [4.69, 9.17) is 5.73 Å². The summed E-state index contributed by atoms with van der Waals surface area (Å²) in [5.41, 5.74) is 5.93. The molecule has 0 saturated carbocycles. The van der Waals surface area contributed by atoms with Crippen LogP contribution >= 0.6 is 0 Å². The van der Waals surface area contributed by atoms with Gasteiger partial charge in [-0.15, -0.1) is 0 Å². The summed E-state index contributed by atoms with van der Waals surface area (Å²) in [6.45, 7) is -0.770. The van der Waals surface area contributed by atoms with Crippen LogP contribution in [0.1, 0.15) is 11.3 Å². The minimum Gasteiger partial charge on any atom is -0.399 e. The van der Waals surface area contributed by atoms with Crippen LogP contribution in [0.3, 0.4) is 0 Å². The van der Waals surface area contributed by atoms with Crippen LogP contribution in [-0.4, -0.2) is 14.9 Å². The number of aromatic nitrogens is 2. The molecular formula is C17H14F3N3O. The van der Waals surface area contributed by atoms with E-state index in [1.807, 2.05) is 0 Å². The minimum absolute atomic E-state index is 0.204. The second-order valence-electron chi connectivity index (χ2n) is 5.20. The molecule has 0 fully saturated rings. The lowest BCUT2D eigenvalue weighted by Gasteiger charge is -2.09. The molecule has 0 saturated heterocycles. The number of aliphatic hydroxyl groups excluding tert-OH is 1. The van der Waals surface area contributed by atoms with E-state index in [9.17, 15) is 18.3 Å². The van der Waals surface area contributed by atoms with Gasteiger partial charge < -0.3 is 10.8 Å². The zero-order valence-electron chi connectivity index (χ0n) is 12.5. The lowest BCUT2D eigenvalue weighted by molar-refractivity contribution is -0.142. The van der Waals surface area contributed by atoms with E-state index >= 15 is 0 Å². The molecule has 24 heavy (non-hydrogen) atoms. The van der Waals surface area contributed by atoms with Crippen molar-refractivity contribution in [3.63, 3.8) is 0 Å². The first kappa shape index (κ1) is 16.1. The molecule has 0 aliphatic heterocycles. The van der Waals surface area contributed by atoms with E-state index in [0.717, 1.165) is 0 Å². The lowest BCUT2D eigenvalue weighted by Crippen LogP contribution is -2.09. The molecule has 3 aromatic rings. The molecule has 7 heteroatoms. The summed E-state index contributed by atoms with van der Waals surface area (Å²) in [6.07, 6.45) is -4.67. The topological polar surface area (TPSA) is 64.1 Å². The normalized spacial score (nSPS) is 11.7. The Morgan fingerprint density at radius 3 is 2.17 bits per heavy atom. The number of nitrogens with zero attached hydrogens (tertiary/aromatic N) is 2. The summed E-state index contributed by atoms with van der Waals surface area (Å²) < 4.78 is 41.1. The first-order valence-electron chi connectivity index (χ1n) is 7.13. The van der Waals surface area contributed by atoms with Crippen molar-refractivity contribution in [3.05, 3.63) is 65.9 Å². The highest BCUT2D eigenvalue weighted by Crippen LogP contribution is 2.37. The molecule has 0 spiro atoms. The third-order valence-electron chi connectivity index (χ3n) is 3.60. The molecule has 124 valence electrons. The Bertz CT molecular complexity index is 840. The van der Waals surface area contributed by atoms with Gasteiger partial charge in [0.15, 0.2) is 5.69 Å². The van der Waals surface area contributed by atoms with Gasteiger partial charge in [0.2, 0.25) is 0 Å². The number of hydrogen-bond donors (Lipinski definition) is 2. The molecule has 0 radical (unpaired) electrons. The Kier molecular flexibility index (Phi) is 4.02. The molecule has 2 aromatic carbocycles. The van der Waals surface area contributed by atoms with Crippen LogP contribution in [0.5, 0.6) is 0 Å². The van der Waals surface area contributed by atoms with Gasteiger partial charge in [-0.25, -0.2) is 4.68 Å². The van der Waals surface area contributed by atoms with Crippen molar-refractivity contribution in [3.8, 4) is 16.9 Å². The summed E-state index contributed by atoms with van der Waals surface area (Å²) in [5.74, 6) is 0. The maximum Gasteiger partial charge on any atom is 0.435 e. The number of aliphatic hydroxyl groups is 1. The van der Waals surface area contributed by atoms with E-state index in [2.05, 4.69) is 5.10 Å². The zero-order chi connectivity index (χ0) is 17.3. The van der Waals surface area contributed by atoms with Crippen LogP contribution in [0, 0.1) is 0 Å². The number of benzene rings is 2. The quantitative estimate of drug-likeness (QED) is 0.720. The summed E-state index contributed by atoms with van der Waals surface area (Å²) in [7, 11) is 0. The molecular weight excluding hydrogens is 319 g/mol. The molecule has 0 aliphatic rings. The highest BCUT2D eigenvalue weighted by molar-refractivity contribution is 5.67. The molecule has 3 rings (SSSR count). The van der Waals surface area contributed by atoms with Crippen LogP contribution < -0.4 is 5.73 Å². The summed E-state index contributed by atoms with van der Waals surface area (Å²) >= 11 is 0. The largest absolute Gasteiger partial charge is 0.435 e. The van der Waals surface area contributed by atoms with Gasteiger partial charge in [0.25, 0.3) is 0 Å². The molecule has 1 heterocycles. The van der Waals surface area contributed by atoms with Crippen LogP contribution in [0.15, 0.2) is 54.6 Å². The molecule has 0 atom stereocenters. The first-order valence-corrected chi connectivity index (χ1v) is 7.13. The van der Waals surface area contributed by atoms with Crippen LogP contribution in [-0.2, 0) is 12.8 Å². The molecule has 3 N–H and O–H groups in total. The van der Waals surface area contributed by atoms with Gasteiger partial charge in [0, 0.05) is 16.8 Å². The average molecular weight is 333 g/mol. The molecule has 0 unspecified atom stereocenters. The number of hydrogen-bond acceptors (Lipinski definition) is 3. The Balaban J connectivity index is 2.31. The van der Waals surface area contributed by atoms with Crippen molar-refractivity contribution in [1.82, 2.24) is 9.78 Å². The fourth-order valence-corrected chi connectivity index (χ4v) is 2.52. The van der Waals surface area contributed by atoms with E-state index in [1.54, 1.807) is 54.6 Å². The van der Waals surface area contributed by atoms with Gasteiger partial charge in [-0.1, -0.05) is 30.3 Å². The number of anilines is 1. The highest BCUT2D eigenvalue weighted by Gasteiger charge is 2.39. The van der Waals surface area contributed by atoms with E-state index < -0.39 is 18.5 Å². The molecule has 1 aromatic heterocycles. The third kappa shape index (κ3) is 2.85.